The Labute approximate surface area is 203 Å². The van der Waals surface area contributed by atoms with Crippen LogP contribution in [0.1, 0.15) is 119 Å². The summed E-state index contributed by atoms with van der Waals surface area (Å²) in [5.74, 6) is 5.25. The smallest absolute Gasteiger partial charge is 0.305 e. The van der Waals surface area contributed by atoms with Crippen molar-refractivity contribution in [2.75, 3.05) is 0 Å². The molecular formula is C30H50O3. The van der Waals surface area contributed by atoms with E-state index in [1.807, 2.05) is 0 Å². The Hall–Kier alpha value is -0.570. The SMILES string of the molecule is CC(=O)O[C@]12C[C@@H]3CC[C@@H]4[C@@H]5CC[C@H]([C@H](C)CCCC(C)C)[C@]5(C)CC[C@@H]4[C@]3(C)CC[C@@H]1O2. The first-order valence-electron chi connectivity index (χ1n) is 14.5. The van der Waals surface area contributed by atoms with Crippen LogP contribution in [0, 0.1) is 52.3 Å². The summed E-state index contributed by atoms with van der Waals surface area (Å²) >= 11 is 0. The molecule has 0 radical (unpaired) electrons. The predicted molar refractivity (Wildman–Crippen MR) is 132 cm³/mol. The monoisotopic (exact) mass is 458 g/mol. The maximum atomic E-state index is 11.8. The zero-order chi connectivity index (χ0) is 23.6. The van der Waals surface area contributed by atoms with Gasteiger partial charge in [0.15, 0.2) is 0 Å². The number of hydrogen-bond donors (Lipinski definition) is 0. The Morgan fingerprint density at radius 1 is 0.939 bits per heavy atom. The number of hydrogen-bond acceptors (Lipinski definition) is 3. The predicted octanol–water partition coefficient (Wildman–Crippen LogP) is 7.77. The summed E-state index contributed by atoms with van der Waals surface area (Å²) in [6.07, 6.45) is 16.1. The van der Waals surface area contributed by atoms with Gasteiger partial charge in [0.1, 0.15) is 6.10 Å². The maximum Gasteiger partial charge on any atom is 0.305 e. The topological polar surface area (TPSA) is 38.8 Å². The molecule has 1 saturated heterocycles. The van der Waals surface area contributed by atoms with E-state index < -0.39 is 5.79 Å². The molecule has 0 aromatic carbocycles. The van der Waals surface area contributed by atoms with Crippen molar-refractivity contribution < 1.29 is 14.3 Å². The number of carbonyl (C=O) groups excluding carboxylic acids is 1. The molecule has 4 saturated carbocycles. The Bertz CT molecular complexity index is 747. The van der Waals surface area contributed by atoms with Crippen LogP contribution in [-0.2, 0) is 14.3 Å². The fraction of sp³-hybridized carbons (Fsp3) is 0.967. The summed E-state index contributed by atoms with van der Waals surface area (Å²) in [5, 5.41) is 0. The van der Waals surface area contributed by atoms with E-state index in [0.717, 1.165) is 48.3 Å². The van der Waals surface area contributed by atoms with Gasteiger partial charge in [-0.25, -0.2) is 0 Å². The summed E-state index contributed by atoms with van der Waals surface area (Å²) in [6.45, 7) is 14.2. The number of carbonyl (C=O) groups is 1. The normalized spacial score (nSPS) is 49.3. The van der Waals surface area contributed by atoms with Crippen LogP contribution < -0.4 is 0 Å². The second-order valence-electron chi connectivity index (χ2n) is 13.9. The Kier molecular flexibility index (Phi) is 6.24. The van der Waals surface area contributed by atoms with Crippen molar-refractivity contribution in [2.45, 2.75) is 130 Å². The van der Waals surface area contributed by atoms with Crippen LogP contribution in [0.25, 0.3) is 0 Å². The maximum absolute atomic E-state index is 11.8. The van der Waals surface area contributed by atoms with Crippen LogP contribution in [0.3, 0.4) is 0 Å². The quantitative estimate of drug-likeness (QED) is 0.301. The van der Waals surface area contributed by atoms with Gasteiger partial charge in [-0.1, -0.05) is 53.9 Å². The number of rotatable bonds is 6. The molecule has 3 heteroatoms. The number of fused-ring (bicyclic) bond motifs is 6. The summed E-state index contributed by atoms with van der Waals surface area (Å²) in [6, 6.07) is 0. The lowest BCUT2D eigenvalue weighted by Crippen LogP contribution is -2.52. The molecule has 1 aliphatic heterocycles. The Balaban J connectivity index is 1.29. The van der Waals surface area contributed by atoms with Crippen LogP contribution >= 0.6 is 0 Å². The molecule has 0 bridgehead atoms. The molecule has 5 fully saturated rings. The van der Waals surface area contributed by atoms with E-state index in [4.69, 9.17) is 9.47 Å². The molecule has 0 N–H and O–H groups in total. The molecule has 10 atom stereocenters. The largest absolute Gasteiger partial charge is 0.430 e. The minimum atomic E-state index is -0.575. The summed E-state index contributed by atoms with van der Waals surface area (Å²) in [5.41, 5.74) is 0.964. The van der Waals surface area contributed by atoms with Crippen molar-refractivity contribution in [1.29, 1.82) is 0 Å². The lowest BCUT2D eigenvalue weighted by Gasteiger charge is -2.59. The van der Waals surface area contributed by atoms with E-state index in [-0.39, 0.29) is 12.1 Å². The third-order valence-electron chi connectivity index (χ3n) is 11.8. The fourth-order valence-corrected chi connectivity index (χ4v) is 10.1. The van der Waals surface area contributed by atoms with Crippen molar-refractivity contribution in [2.24, 2.45) is 52.3 Å². The molecule has 5 aliphatic rings. The van der Waals surface area contributed by atoms with E-state index in [1.54, 1.807) is 0 Å². The first kappa shape index (κ1) is 24.1. The van der Waals surface area contributed by atoms with Crippen LogP contribution in [0.2, 0.25) is 0 Å². The molecule has 188 valence electrons. The number of esters is 1. The lowest BCUT2D eigenvalue weighted by atomic mass is 9.45. The van der Waals surface area contributed by atoms with Gasteiger partial charge in [0.2, 0.25) is 5.79 Å². The van der Waals surface area contributed by atoms with Gasteiger partial charge in [0, 0.05) is 13.3 Å². The van der Waals surface area contributed by atoms with Crippen molar-refractivity contribution in [3.63, 3.8) is 0 Å². The van der Waals surface area contributed by atoms with Gasteiger partial charge in [0.05, 0.1) is 0 Å². The second kappa shape index (κ2) is 8.52. The summed E-state index contributed by atoms with van der Waals surface area (Å²) in [4.78, 5) is 11.8. The van der Waals surface area contributed by atoms with Gasteiger partial charge >= 0.3 is 5.97 Å². The van der Waals surface area contributed by atoms with Crippen molar-refractivity contribution in [1.82, 2.24) is 0 Å². The average Bonchev–Trinajstić information content (AvgIpc) is 3.29. The molecule has 3 nitrogen and oxygen atoms in total. The molecule has 0 aromatic rings. The third kappa shape index (κ3) is 4.01. The zero-order valence-electron chi connectivity index (χ0n) is 22.3. The third-order valence-corrected chi connectivity index (χ3v) is 11.8. The van der Waals surface area contributed by atoms with E-state index in [2.05, 4.69) is 34.6 Å². The fourth-order valence-electron chi connectivity index (χ4n) is 10.1. The molecule has 0 unspecified atom stereocenters. The summed E-state index contributed by atoms with van der Waals surface area (Å²) < 4.78 is 11.8. The standard InChI is InChI=1S/C30H50O3/c1-19(2)8-7-9-20(3)24-12-13-25-23-11-10-22-18-30(32-21(4)31)27(33-30)15-17-28(22,5)26(23)14-16-29(24,25)6/h19-20,22-27H,7-18H2,1-6H3/t20-,22+,23-,24-,25+,26+,27+,28-,29+,30+/m1/s1. The first-order chi connectivity index (χ1) is 15.6. The first-order valence-corrected chi connectivity index (χ1v) is 14.5. The highest BCUT2D eigenvalue weighted by molar-refractivity contribution is 5.66. The van der Waals surface area contributed by atoms with E-state index in [0.29, 0.717) is 16.7 Å². The summed E-state index contributed by atoms with van der Waals surface area (Å²) in [7, 11) is 0. The van der Waals surface area contributed by atoms with Crippen LogP contribution in [-0.4, -0.2) is 17.9 Å². The van der Waals surface area contributed by atoms with E-state index in [1.165, 1.54) is 71.1 Å². The highest BCUT2D eigenvalue weighted by atomic mass is 16.8. The minimum absolute atomic E-state index is 0.152. The molecule has 0 amide bonds. The van der Waals surface area contributed by atoms with Gasteiger partial charge in [0.25, 0.3) is 0 Å². The van der Waals surface area contributed by atoms with Crippen LogP contribution in [0.4, 0.5) is 0 Å². The minimum Gasteiger partial charge on any atom is -0.430 e. The van der Waals surface area contributed by atoms with Gasteiger partial charge in [-0.2, -0.15) is 0 Å². The average molecular weight is 459 g/mol. The highest BCUT2D eigenvalue weighted by Crippen LogP contribution is 2.69. The van der Waals surface area contributed by atoms with Crippen molar-refractivity contribution in [3.05, 3.63) is 0 Å². The van der Waals surface area contributed by atoms with Crippen LogP contribution in [0.15, 0.2) is 0 Å². The molecule has 33 heavy (non-hydrogen) atoms. The lowest BCUT2D eigenvalue weighted by molar-refractivity contribution is -0.163. The van der Waals surface area contributed by atoms with Crippen molar-refractivity contribution >= 4 is 5.97 Å². The molecule has 0 spiro atoms. The molecule has 0 aromatic heterocycles. The Morgan fingerprint density at radius 3 is 2.39 bits per heavy atom. The van der Waals surface area contributed by atoms with Crippen LogP contribution in [0.5, 0.6) is 0 Å². The van der Waals surface area contributed by atoms with E-state index >= 15 is 0 Å². The van der Waals surface area contributed by atoms with Gasteiger partial charge in [-0.15, -0.1) is 0 Å². The second-order valence-corrected chi connectivity index (χ2v) is 13.9. The Morgan fingerprint density at radius 2 is 1.67 bits per heavy atom. The van der Waals surface area contributed by atoms with Gasteiger partial charge in [-0.3, -0.25) is 4.79 Å². The van der Waals surface area contributed by atoms with Crippen molar-refractivity contribution in [3.8, 4) is 0 Å². The molecule has 4 aliphatic carbocycles. The highest BCUT2D eigenvalue weighted by Gasteiger charge is 2.67. The molecule has 1 heterocycles. The van der Waals surface area contributed by atoms with Gasteiger partial charge in [-0.05, 0) is 104 Å². The molecule has 5 rings (SSSR count). The zero-order valence-corrected chi connectivity index (χ0v) is 22.3. The van der Waals surface area contributed by atoms with Gasteiger partial charge < -0.3 is 9.47 Å². The number of ether oxygens (including phenoxy) is 2. The van der Waals surface area contributed by atoms with E-state index in [9.17, 15) is 4.79 Å². The molecular weight excluding hydrogens is 408 g/mol. The number of epoxide rings is 1.